The molecular formula is C28H46F2O3P+. The third-order valence-corrected chi connectivity index (χ3v) is 8.03. The van der Waals surface area contributed by atoms with Gasteiger partial charge in [0.2, 0.25) is 5.82 Å². The molecule has 6 heteroatoms. The van der Waals surface area contributed by atoms with Crippen molar-refractivity contribution in [3.05, 3.63) is 29.3 Å². The lowest BCUT2D eigenvalue weighted by Crippen LogP contribution is -2.15. The summed E-state index contributed by atoms with van der Waals surface area (Å²) in [5, 5.41) is 0. The predicted molar refractivity (Wildman–Crippen MR) is 137 cm³/mol. The molecule has 1 saturated carbocycles. The topological polar surface area (TPSA) is 46.5 Å². The Morgan fingerprint density at radius 1 is 0.853 bits per heavy atom. The van der Waals surface area contributed by atoms with E-state index in [1.807, 2.05) is 0 Å². The van der Waals surface area contributed by atoms with E-state index in [-0.39, 0.29) is 11.7 Å². The first-order chi connectivity index (χ1) is 16.5. The van der Waals surface area contributed by atoms with Gasteiger partial charge in [0.25, 0.3) is 0 Å². The van der Waals surface area contributed by atoms with Crippen molar-refractivity contribution < 1.29 is 23.0 Å². The van der Waals surface area contributed by atoms with Crippen LogP contribution < -0.4 is 4.74 Å². The zero-order chi connectivity index (χ0) is 24.6. The second kappa shape index (κ2) is 17.4. The fourth-order valence-corrected chi connectivity index (χ4v) is 5.68. The standard InChI is InChI=1S/C28H45F2O3P/c1-2-3-11-14-23-15-17-24(18-16-23)25-19-20-26(28(30)27(25)29)33-21-12-9-7-5-4-6-8-10-13-22-34(31)32/h19-20,23-24H,2-18,21-22H2,1H3/p+1. The van der Waals surface area contributed by atoms with Crippen molar-refractivity contribution in [1.29, 1.82) is 0 Å². The first kappa shape index (κ1) is 29.2. The molecule has 1 aliphatic carbocycles. The highest BCUT2D eigenvalue weighted by molar-refractivity contribution is 7.37. The van der Waals surface area contributed by atoms with Crippen LogP contribution in [0, 0.1) is 17.6 Å². The lowest BCUT2D eigenvalue weighted by molar-refractivity contribution is 0.279. The molecule has 0 bridgehead atoms. The number of rotatable bonds is 18. The van der Waals surface area contributed by atoms with Crippen LogP contribution in [0.4, 0.5) is 8.78 Å². The number of hydrogen-bond donors (Lipinski definition) is 1. The van der Waals surface area contributed by atoms with Crippen LogP contribution in [-0.4, -0.2) is 17.7 Å². The first-order valence-corrected chi connectivity index (χ1v) is 15.2. The Bertz CT molecular complexity index is 705. The zero-order valence-electron chi connectivity index (χ0n) is 21.2. The minimum atomic E-state index is -1.97. The second-order valence-electron chi connectivity index (χ2n) is 10.1. The minimum absolute atomic E-state index is 0.0409. The third kappa shape index (κ3) is 11.1. The summed E-state index contributed by atoms with van der Waals surface area (Å²) < 4.78 is 45.6. The Morgan fingerprint density at radius 3 is 2.09 bits per heavy atom. The lowest BCUT2D eigenvalue weighted by Gasteiger charge is -2.29. The molecule has 0 spiro atoms. The van der Waals surface area contributed by atoms with E-state index in [4.69, 9.17) is 9.63 Å². The van der Waals surface area contributed by atoms with Gasteiger partial charge in [-0.1, -0.05) is 77.2 Å². The van der Waals surface area contributed by atoms with Crippen molar-refractivity contribution in [2.75, 3.05) is 12.8 Å². The number of unbranched alkanes of at least 4 members (excludes halogenated alkanes) is 10. The third-order valence-electron chi connectivity index (χ3n) is 7.33. The summed E-state index contributed by atoms with van der Waals surface area (Å²) in [6.07, 6.45) is 19.1. The number of halogens is 2. The molecule has 1 fully saturated rings. The molecule has 1 aromatic rings. The van der Waals surface area contributed by atoms with Crippen molar-refractivity contribution in [2.45, 2.75) is 122 Å². The number of ether oxygens (including phenoxy) is 1. The Hall–Kier alpha value is -1.06. The Balaban J connectivity index is 1.59. The van der Waals surface area contributed by atoms with E-state index in [0.29, 0.717) is 18.3 Å². The molecule has 0 amide bonds. The molecule has 1 atom stereocenters. The summed E-state index contributed by atoms with van der Waals surface area (Å²) in [7, 11) is -1.97. The van der Waals surface area contributed by atoms with Gasteiger partial charge >= 0.3 is 8.03 Å². The van der Waals surface area contributed by atoms with Crippen molar-refractivity contribution in [2.24, 2.45) is 5.92 Å². The molecule has 0 aliphatic heterocycles. The normalized spacial score (nSPS) is 18.8. The van der Waals surface area contributed by atoms with Gasteiger partial charge in [0, 0.05) is 0 Å². The zero-order valence-corrected chi connectivity index (χ0v) is 22.1. The second-order valence-corrected chi connectivity index (χ2v) is 11.3. The molecule has 1 unspecified atom stereocenters. The summed E-state index contributed by atoms with van der Waals surface area (Å²) >= 11 is 0. The van der Waals surface area contributed by atoms with E-state index in [0.717, 1.165) is 83.0 Å². The van der Waals surface area contributed by atoms with E-state index in [2.05, 4.69) is 6.92 Å². The highest BCUT2D eigenvalue weighted by Crippen LogP contribution is 2.40. The number of benzene rings is 1. The fourth-order valence-electron chi connectivity index (χ4n) is 5.19. The van der Waals surface area contributed by atoms with Crippen LogP contribution in [0.3, 0.4) is 0 Å². The Morgan fingerprint density at radius 2 is 1.47 bits per heavy atom. The quantitative estimate of drug-likeness (QED) is 0.162. The Labute approximate surface area is 206 Å². The molecular weight excluding hydrogens is 453 g/mol. The number of hydrogen-bond acceptors (Lipinski definition) is 2. The van der Waals surface area contributed by atoms with Crippen LogP contribution in [-0.2, 0) is 4.57 Å². The summed E-state index contributed by atoms with van der Waals surface area (Å²) in [5.74, 6) is -0.612. The molecule has 194 valence electrons. The van der Waals surface area contributed by atoms with Gasteiger partial charge in [-0.15, -0.1) is 0 Å². The average molecular weight is 500 g/mol. The molecule has 0 heterocycles. The van der Waals surface area contributed by atoms with Crippen LogP contribution in [0.5, 0.6) is 5.75 Å². The van der Waals surface area contributed by atoms with Gasteiger partial charge in [0.05, 0.1) is 6.61 Å². The van der Waals surface area contributed by atoms with Gasteiger partial charge in [-0.2, -0.15) is 9.28 Å². The van der Waals surface area contributed by atoms with Gasteiger partial charge in [-0.05, 0) is 73.0 Å². The molecule has 0 aromatic heterocycles. The van der Waals surface area contributed by atoms with Crippen LogP contribution >= 0.6 is 8.03 Å². The lowest BCUT2D eigenvalue weighted by atomic mass is 9.77. The summed E-state index contributed by atoms with van der Waals surface area (Å²) in [6.45, 7) is 2.64. The van der Waals surface area contributed by atoms with Gasteiger partial charge in [-0.25, -0.2) is 4.39 Å². The monoisotopic (exact) mass is 499 g/mol. The van der Waals surface area contributed by atoms with E-state index in [1.165, 1.54) is 32.1 Å². The van der Waals surface area contributed by atoms with Crippen LogP contribution in [0.1, 0.15) is 128 Å². The predicted octanol–water partition coefficient (Wildman–Crippen LogP) is 9.44. The van der Waals surface area contributed by atoms with Gasteiger partial charge in [0.15, 0.2) is 17.7 Å². The average Bonchev–Trinajstić information content (AvgIpc) is 2.83. The summed E-state index contributed by atoms with van der Waals surface area (Å²) in [5.41, 5.74) is 0.530. The highest BCUT2D eigenvalue weighted by Gasteiger charge is 2.26. The van der Waals surface area contributed by atoms with E-state index in [1.54, 1.807) is 12.1 Å². The minimum Gasteiger partial charge on any atom is -0.490 e. The summed E-state index contributed by atoms with van der Waals surface area (Å²) in [4.78, 5) is 8.76. The van der Waals surface area contributed by atoms with E-state index in [9.17, 15) is 13.3 Å². The largest absolute Gasteiger partial charge is 0.505 e. The fraction of sp³-hybridized carbons (Fsp3) is 0.786. The molecule has 0 radical (unpaired) electrons. The van der Waals surface area contributed by atoms with Crippen molar-refractivity contribution in [3.8, 4) is 5.75 Å². The molecule has 2 rings (SSSR count). The van der Waals surface area contributed by atoms with Crippen molar-refractivity contribution in [1.82, 2.24) is 0 Å². The highest BCUT2D eigenvalue weighted by atomic mass is 31.1. The van der Waals surface area contributed by atoms with E-state index < -0.39 is 19.7 Å². The van der Waals surface area contributed by atoms with E-state index >= 15 is 0 Å². The van der Waals surface area contributed by atoms with Crippen LogP contribution in [0.25, 0.3) is 0 Å². The SMILES string of the molecule is CCCCCC1CCC(c2ccc(OCCCCCCCCCCC[P+](=O)O)c(F)c2F)CC1. The smallest absolute Gasteiger partial charge is 0.490 e. The first-order valence-electron chi connectivity index (χ1n) is 13.8. The summed E-state index contributed by atoms with van der Waals surface area (Å²) in [6, 6.07) is 3.36. The van der Waals surface area contributed by atoms with Crippen molar-refractivity contribution >= 4 is 8.03 Å². The van der Waals surface area contributed by atoms with Crippen LogP contribution in [0.15, 0.2) is 12.1 Å². The maximum Gasteiger partial charge on any atom is 0.505 e. The molecule has 0 saturated heterocycles. The van der Waals surface area contributed by atoms with Crippen molar-refractivity contribution in [3.63, 3.8) is 0 Å². The van der Waals surface area contributed by atoms with Crippen LogP contribution in [0.2, 0.25) is 0 Å². The van der Waals surface area contributed by atoms with Gasteiger partial charge in [0.1, 0.15) is 0 Å². The molecule has 1 aromatic carbocycles. The molecule has 1 aliphatic rings. The van der Waals surface area contributed by atoms with Gasteiger partial charge in [-0.3, -0.25) is 0 Å². The molecule has 1 N–H and O–H groups in total. The molecule has 3 nitrogen and oxygen atoms in total. The maximum atomic E-state index is 14.8. The van der Waals surface area contributed by atoms with Gasteiger partial charge < -0.3 is 4.74 Å². The Kier molecular flexibility index (Phi) is 14.9. The molecule has 34 heavy (non-hydrogen) atoms. The maximum absolute atomic E-state index is 14.8.